The van der Waals surface area contributed by atoms with Gasteiger partial charge in [-0.2, -0.15) is 0 Å². The SMILES string of the molecule is C[Si](C)(C)C#Cc1ccccc1N1CC(N)CC1=O. The number of para-hydroxylation sites is 1. The van der Waals surface area contributed by atoms with Gasteiger partial charge in [0.2, 0.25) is 5.91 Å². The Hall–Kier alpha value is -1.57. The van der Waals surface area contributed by atoms with E-state index in [0.29, 0.717) is 13.0 Å². The Morgan fingerprint density at radius 3 is 2.58 bits per heavy atom. The van der Waals surface area contributed by atoms with Crippen molar-refractivity contribution in [2.75, 3.05) is 11.4 Å². The Balaban J connectivity index is 2.36. The van der Waals surface area contributed by atoms with Crippen molar-refractivity contribution in [3.63, 3.8) is 0 Å². The van der Waals surface area contributed by atoms with Crippen molar-refractivity contribution in [1.29, 1.82) is 0 Å². The van der Waals surface area contributed by atoms with Gasteiger partial charge in [0.25, 0.3) is 0 Å². The molecule has 4 heteroatoms. The molecule has 0 aromatic heterocycles. The molecule has 0 aliphatic carbocycles. The fraction of sp³-hybridized carbons (Fsp3) is 0.400. The van der Waals surface area contributed by atoms with Crippen molar-refractivity contribution in [3.8, 4) is 11.5 Å². The van der Waals surface area contributed by atoms with E-state index in [1.807, 2.05) is 24.3 Å². The van der Waals surface area contributed by atoms with Gasteiger partial charge in [-0.15, -0.1) is 5.54 Å². The van der Waals surface area contributed by atoms with E-state index in [1.54, 1.807) is 4.90 Å². The van der Waals surface area contributed by atoms with Gasteiger partial charge in [0.05, 0.1) is 5.69 Å². The summed E-state index contributed by atoms with van der Waals surface area (Å²) in [6.45, 7) is 7.21. The maximum atomic E-state index is 11.9. The lowest BCUT2D eigenvalue weighted by atomic mass is 10.1. The van der Waals surface area contributed by atoms with E-state index in [9.17, 15) is 4.79 Å². The molecule has 3 nitrogen and oxygen atoms in total. The molecule has 0 bridgehead atoms. The molecule has 19 heavy (non-hydrogen) atoms. The van der Waals surface area contributed by atoms with Crippen molar-refractivity contribution in [3.05, 3.63) is 29.8 Å². The van der Waals surface area contributed by atoms with Crippen LogP contribution < -0.4 is 10.6 Å². The molecular weight excluding hydrogens is 252 g/mol. The molecule has 1 amide bonds. The summed E-state index contributed by atoms with van der Waals surface area (Å²) in [7, 11) is -1.42. The zero-order valence-electron chi connectivity index (χ0n) is 11.7. The van der Waals surface area contributed by atoms with Crippen LogP contribution in [-0.4, -0.2) is 26.6 Å². The van der Waals surface area contributed by atoms with Gasteiger partial charge in [-0.3, -0.25) is 4.79 Å². The molecular formula is C15H20N2OSi. The van der Waals surface area contributed by atoms with Gasteiger partial charge in [0.15, 0.2) is 0 Å². The third kappa shape index (κ3) is 3.46. The van der Waals surface area contributed by atoms with Gasteiger partial charge in [-0.25, -0.2) is 0 Å². The highest BCUT2D eigenvalue weighted by Crippen LogP contribution is 2.24. The van der Waals surface area contributed by atoms with Crippen molar-refractivity contribution >= 4 is 19.7 Å². The van der Waals surface area contributed by atoms with E-state index in [-0.39, 0.29) is 11.9 Å². The summed E-state index contributed by atoms with van der Waals surface area (Å²) in [6, 6.07) is 7.75. The fourth-order valence-corrected chi connectivity index (χ4v) is 2.55. The van der Waals surface area contributed by atoms with E-state index in [1.165, 1.54) is 0 Å². The highest BCUT2D eigenvalue weighted by Gasteiger charge is 2.29. The summed E-state index contributed by atoms with van der Waals surface area (Å²) in [4.78, 5) is 13.7. The van der Waals surface area contributed by atoms with Crippen LogP contribution in [0.3, 0.4) is 0 Å². The van der Waals surface area contributed by atoms with Gasteiger partial charge in [0.1, 0.15) is 8.07 Å². The molecule has 0 saturated carbocycles. The third-order valence-corrected chi connectivity index (χ3v) is 3.80. The van der Waals surface area contributed by atoms with E-state index >= 15 is 0 Å². The summed E-state index contributed by atoms with van der Waals surface area (Å²) in [6.07, 6.45) is 0.426. The Kier molecular flexibility index (Phi) is 3.79. The molecule has 1 aliphatic heterocycles. The van der Waals surface area contributed by atoms with Crippen LogP contribution in [0.25, 0.3) is 0 Å². The number of nitrogens with two attached hydrogens (primary N) is 1. The smallest absolute Gasteiger partial charge is 0.228 e. The lowest BCUT2D eigenvalue weighted by molar-refractivity contribution is -0.117. The number of rotatable bonds is 1. The second-order valence-electron chi connectivity index (χ2n) is 5.99. The molecule has 1 fully saturated rings. The first-order chi connectivity index (χ1) is 8.87. The normalized spacial score (nSPS) is 19.3. The number of hydrogen-bond donors (Lipinski definition) is 1. The van der Waals surface area contributed by atoms with Gasteiger partial charge >= 0.3 is 0 Å². The summed E-state index contributed by atoms with van der Waals surface area (Å²) < 4.78 is 0. The van der Waals surface area contributed by atoms with Gasteiger partial charge < -0.3 is 10.6 Å². The highest BCUT2D eigenvalue weighted by molar-refractivity contribution is 6.83. The van der Waals surface area contributed by atoms with E-state index < -0.39 is 8.07 Å². The van der Waals surface area contributed by atoms with E-state index in [4.69, 9.17) is 5.73 Å². The van der Waals surface area contributed by atoms with Gasteiger partial charge in [0, 0.05) is 24.6 Å². The molecule has 1 atom stereocenters. The van der Waals surface area contributed by atoms with Gasteiger partial charge in [-0.1, -0.05) is 37.7 Å². The average Bonchev–Trinajstić information content (AvgIpc) is 2.65. The maximum absolute atomic E-state index is 11.9. The second kappa shape index (κ2) is 5.20. The molecule has 1 aromatic rings. The van der Waals surface area contributed by atoms with Crippen LogP contribution >= 0.6 is 0 Å². The molecule has 0 radical (unpaired) electrons. The van der Waals surface area contributed by atoms with Crippen LogP contribution in [0.4, 0.5) is 5.69 Å². The highest BCUT2D eigenvalue weighted by atomic mass is 28.3. The number of nitrogens with zero attached hydrogens (tertiary/aromatic N) is 1. The first kappa shape index (κ1) is 13.8. The van der Waals surface area contributed by atoms with Gasteiger partial charge in [-0.05, 0) is 12.1 Å². The van der Waals surface area contributed by atoms with E-state index in [2.05, 4.69) is 31.1 Å². The summed E-state index contributed by atoms with van der Waals surface area (Å²) in [5.41, 5.74) is 11.0. The first-order valence-electron chi connectivity index (χ1n) is 6.55. The lowest BCUT2D eigenvalue weighted by Crippen LogP contribution is -2.28. The maximum Gasteiger partial charge on any atom is 0.228 e. The van der Waals surface area contributed by atoms with Crippen molar-refractivity contribution < 1.29 is 4.79 Å². The third-order valence-electron chi connectivity index (χ3n) is 2.92. The Morgan fingerprint density at radius 1 is 1.32 bits per heavy atom. The molecule has 1 unspecified atom stereocenters. The quantitative estimate of drug-likeness (QED) is 0.627. The molecule has 0 spiro atoms. The number of benzene rings is 1. The van der Waals surface area contributed by atoms with Crippen molar-refractivity contribution in [2.24, 2.45) is 5.73 Å². The van der Waals surface area contributed by atoms with Crippen LogP contribution in [0.2, 0.25) is 19.6 Å². The number of hydrogen-bond acceptors (Lipinski definition) is 2. The lowest BCUT2D eigenvalue weighted by Gasteiger charge is -2.18. The van der Waals surface area contributed by atoms with Crippen LogP contribution in [0.5, 0.6) is 0 Å². The summed E-state index contributed by atoms with van der Waals surface area (Å²) >= 11 is 0. The zero-order chi connectivity index (χ0) is 14.0. The minimum Gasteiger partial charge on any atom is -0.326 e. The molecule has 2 rings (SSSR count). The number of carbonyl (C=O) groups is 1. The van der Waals surface area contributed by atoms with Crippen molar-refractivity contribution in [2.45, 2.75) is 32.1 Å². The number of amides is 1. The second-order valence-corrected chi connectivity index (χ2v) is 10.7. The van der Waals surface area contributed by atoms with E-state index in [0.717, 1.165) is 11.3 Å². The number of carbonyl (C=O) groups excluding carboxylic acids is 1. The summed E-state index contributed by atoms with van der Waals surface area (Å²) in [5.74, 6) is 3.33. The minimum atomic E-state index is -1.42. The molecule has 1 aliphatic rings. The molecule has 1 saturated heterocycles. The Morgan fingerprint density at radius 2 is 2.00 bits per heavy atom. The average molecular weight is 272 g/mol. The first-order valence-corrected chi connectivity index (χ1v) is 10.0. The monoisotopic (exact) mass is 272 g/mol. The standard InChI is InChI=1S/C15H20N2OSi/c1-19(2,3)9-8-12-6-4-5-7-14(12)17-11-13(16)10-15(17)18/h4-7,13H,10-11,16H2,1-3H3. The number of anilines is 1. The van der Waals surface area contributed by atoms with Crippen LogP contribution in [0, 0.1) is 11.5 Å². The molecule has 2 N–H and O–H groups in total. The topological polar surface area (TPSA) is 46.3 Å². The Bertz CT molecular complexity index is 551. The largest absolute Gasteiger partial charge is 0.326 e. The fourth-order valence-electron chi connectivity index (χ4n) is 2.04. The van der Waals surface area contributed by atoms with Crippen LogP contribution in [0.15, 0.2) is 24.3 Å². The molecule has 1 aromatic carbocycles. The predicted molar refractivity (Wildman–Crippen MR) is 81.6 cm³/mol. The molecule has 100 valence electrons. The predicted octanol–water partition coefficient (Wildman–Crippen LogP) is 1.98. The van der Waals surface area contributed by atoms with Crippen LogP contribution in [-0.2, 0) is 4.79 Å². The Labute approximate surface area is 115 Å². The minimum absolute atomic E-state index is 0.0643. The zero-order valence-corrected chi connectivity index (χ0v) is 12.7. The molecule has 1 heterocycles. The van der Waals surface area contributed by atoms with Crippen molar-refractivity contribution in [1.82, 2.24) is 0 Å². The van der Waals surface area contributed by atoms with Crippen LogP contribution in [0.1, 0.15) is 12.0 Å². The summed E-state index contributed by atoms with van der Waals surface area (Å²) in [5, 5.41) is 0.